The Bertz CT molecular complexity index is 386. The summed E-state index contributed by atoms with van der Waals surface area (Å²) in [7, 11) is 0. The summed E-state index contributed by atoms with van der Waals surface area (Å²) < 4.78 is 0. The number of anilines is 1. The average molecular weight is 247 g/mol. The summed E-state index contributed by atoms with van der Waals surface area (Å²) in [5.41, 5.74) is 0.373. The number of nitrogens with zero attached hydrogens (tertiary/aromatic N) is 1. The first-order valence-corrected chi connectivity index (χ1v) is 4.89. The lowest BCUT2D eigenvalue weighted by Crippen LogP contribution is -2.22. The van der Waals surface area contributed by atoms with E-state index in [0.717, 1.165) is 0 Å². The number of hydrogen-bond acceptors (Lipinski definition) is 5. The molecule has 0 amide bonds. The van der Waals surface area contributed by atoms with Gasteiger partial charge in [-0.1, -0.05) is 11.6 Å². The zero-order valence-electron chi connectivity index (χ0n) is 8.26. The first kappa shape index (κ1) is 12.7. The third kappa shape index (κ3) is 3.34. The summed E-state index contributed by atoms with van der Waals surface area (Å²) in [6.45, 7) is -0.210. The van der Waals surface area contributed by atoms with Crippen molar-refractivity contribution in [2.75, 3.05) is 18.5 Å². The van der Waals surface area contributed by atoms with Crippen LogP contribution < -0.4 is 5.32 Å². The Kier molecular flexibility index (Phi) is 4.48. The molecule has 0 aliphatic heterocycles. The normalized spacial score (nSPS) is 12.2. The second-order valence-corrected chi connectivity index (χ2v) is 3.55. The molecule has 0 aromatic heterocycles. The largest absolute Gasteiger partial charge is 0.394 e. The highest BCUT2D eigenvalue weighted by Crippen LogP contribution is 2.26. The third-order valence-corrected chi connectivity index (χ3v) is 2.20. The Morgan fingerprint density at radius 1 is 1.56 bits per heavy atom. The molecule has 6 nitrogen and oxygen atoms in total. The van der Waals surface area contributed by atoms with E-state index < -0.39 is 11.0 Å². The van der Waals surface area contributed by atoms with Gasteiger partial charge in [-0.05, 0) is 12.1 Å². The van der Waals surface area contributed by atoms with Crippen LogP contribution in [0.15, 0.2) is 18.2 Å². The number of nitro groups is 1. The predicted molar refractivity (Wildman–Crippen MR) is 59.7 cm³/mol. The number of aliphatic hydroxyl groups excluding tert-OH is 2. The number of aliphatic hydroxyl groups is 2. The Morgan fingerprint density at radius 2 is 2.25 bits per heavy atom. The fourth-order valence-corrected chi connectivity index (χ4v) is 1.31. The molecule has 3 N–H and O–H groups in total. The quantitative estimate of drug-likeness (QED) is 0.532. The van der Waals surface area contributed by atoms with Crippen molar-refractivity contribution in [3.05, 3.63) is 33.3 Å². The molecule has 0 spiro atoms. The van der Waals surface area contributed by atoms with E-state index in [0.29, 0.717) is 5.69 Å². The van der Waals surface area contributed by atoms with Crippen LogP contribution in [-0.4, -0.2) is 34.4 Å². The molecule has 0 saturated heterocycles. The summed E-state index contributed by atoms with van der Waals surface area (Å²) in [4.78, 5) is 9.90. The summed E-state index contributed by atoms with van der Waals surface area (Å²) in [6.07, 6.45) is -0.881. The van der Waals surface area contributed by atoms with Crippen molar-refractivity contribution in [3.8, 4) is 0 Å². The summed E-state index contributed by atoms with van der Waals surface area (Å²) >= 11 is 5.68. The van der Waals surface area contributed by atoms with Gasteiger partial charge in [-0.3, -0.25) is 10.1 Å². The number of hydrogen-bond donors (Lipinski definition) is 3. The van der Waals surface area contributed by atoms with Crippen LogP contribution in [0.1, 0.15) is 0 Å². The van der Waals surface area contributed by atoms with Gasteiger partial charge in [0, 0.05) is 18.3 Å². The second-order valence-electron chi connectivity index (χ2n) is 3.14. The minimum atomic E-state index is -0.881. The molecular formula is C9H11ClN2O4. The lowest BCUT2D eigenvalue weighted by atomic mass is 10.2. The fourth-order valence-electron chi connectivity index (χ4n) is 1.07. The highest BCUT2D eigenvalue weighted by Gasteiger charge is 2.12. The van der Waals surface area contributed by atoms with Crippen molar-refractivity contribution in [1.82, 2.24) is 0 Å². The van der Waals surface area contributed by atoms with Gasteiger partial charge in [0.15, 0.2) is 0 Å². The van der Waals surface area contributed by atoms with E-state index in [1.165, 1.54) is 18.2 Å². The minimum Gasteiger partial charge on any atom is -0.394 e. The molecule has 1 aromatic carbocycles. The molecule has 88 valence electrons. The predicted octanol–water partition coefficient (Wildman–Crippen LogP) is 1.01. The van der Waals surface area contributed by atoms with Crippen LogP contribution in [-0.2, 0) is 0 Å². The average Bonchev–Trinajstić information content (AvgIpc) is 2.25. The lowest BCUT2D eigenvalue weighted by Gasteiger charge is -2.10. The van der Waals surface area contributed by atoms with Crippen molar-refractivity contribution in [1.29, 1.82) is 0 Å². The Balaban J connectivity index is 2.70. The van der Waals surface area contributed by atoms with Gasteiger partial charge < -0.3 is 15.5 Å². The van der Waals surface area contributed by atoms with Crippen molar-refractivity contribution in [3.63, 3.8) is 0 Å². The molecule has 1 unspecified atom stereocenters. The van der Waals surface area contributed by atoms with Crippen LogP contribution in [0.2, 0.25) is 5.02 Å². The van der Waals surface area contributed by atoms with E-state index in [9.17, 15) is 10.1 Å². The van der Waals surface area contributed by atoms with E-state index in [4.69, 9.17) is 21.8 Å². The smallest absolute Gasteiger partial charge is 0.288 e. The molecule has 0 aliphatic rings. The van der Waals surface area contributed by atoms with Gasteiger partial charge in [0.1, 0.15) is 5.02 Å². The van der Waals surface area contributed by atoms with Crippen molar-refractivity contribution >= 4 is 23.0 Å². The van der Waals surface area contributed by atoms with Crippen LogP contribution in [0, 0.1) is 10.1 Å². The highest BCUT2D eigenvalue weighted by atomic mass is 35.5. The monoisotopic (exact) mass is 246 g/mol. The number of benzene rings is 1. The second kappa shape index (κ2) is 5.64. The molecule has 7 heteroatoms. The van der Waals surface area contributed by atoms with Crippen LogP contribution in [0.4, 0.5) is 11.4 Å². The molecule has 0 heterocycles. The van der Waals surface area contributed by atoms with Gasteiger partial charge in [-0.15, -0.1) is 0 Å². The molecule has 1 aromatic rings. The number of halogens is 1. The molecule has 16 heavy (non-hydrogen) atoms. The topological polar surface area (TPSA) is 95.6 Å². The maximum Gasteiger partial charge on any atom is 0.288 e. The number of nitro benzene ring substituents is 1. The summed E-state index contributed by atoms with van der Waals surface area (Å²) in [6, 6.07) is 4.15. The molecule has 0 fully saturated rings. The van der Waals surface area contributed by atoms with Crippen LogP contribution in [0.3, 0.4) is 0 Å². The third-order valence-electron chi connectivity index (χ3n) is 1.90. The van der Waals surface area contributed by atoms with Crippen molar-refractivity contribution in [2.45, 2.75) is 6.10 Å². The molecule has 0 bridgehead atoms. The first-order chi connectivity index (χ1) is 7.54. The van der Waals surface area contributed by atoms with E-state index in [-0.39, 0.29) is 23.9 Å². The minimum absolute atomic E-state index is 0.0217. The molecule has 0 saturated carbocycles. The van der Waals surface area contributed by atoms with Crippen LogP contribution >= 0.6 is 11.6 Å². The Hall–Kier alpha value is -1.37. The summed E-state index contributed by atoms with van der Waals surface area (Å²) in [5, 5.41) is 30.9. The van der Waals surface area contributed by atoms with Crippen LogP contribution in [0.5, 0.6) is 0 Å². The van der Waals surface area contributed by atoms with Gasteiger partial charge >= 0.3 is 0 Å². The van der Waals surface area contributed by atoms with E-state index in [1.54, 1.807) is 0 Å². The van der Waals surface area contributed by atoms with Gasteiger partial charge in [0.2, 0.25) is 0 Å². The Labute approximate surface area is 96.6 Å². The molecule has 1 rings (SSSR count). The molecule has 0 radical (unpaired) electrons. The SMILES string of the molecule is O=[N+]([O-])c1ccc(NCC(O)CO)cc1Cl. The van der Waals surface area contributed by atoms with E-state index >= 15 is 0 Å². The van der Waals surface area contributed by atoms with E-state index in [1.807, 2.05) is 0 Å². The standard InChI is InChI=1S/C9H11ClN2O4/c10-8-3-6(11-4-7(14)5-13)1-2-9(8)12(15)16/h1-3,7,11,13-14H,4-5H2. The first-order valence-electron chi connectivity index (χ1n) is 4.51. The molecular weight excluding hydrogens is 236 g/mol. The number of rotatable bonds is 5. The van der Waals surface area contributed by atoms with Crippen molar-refractivity contribution in [2.24, 2.45) is 0 Å². The number of nitrogens with one attached hydrogen (secondary N) is 1. The van der Waals surface area contributed by atoms with Gasteiger partial charge in [0.05, 0.1) is 17.6 Å². The van der Waals surface area contributed by atoms with E-state index in [2.05, 4.69) is 5.32 Å². The van der Waals surface area contributed by atoms with Gasteiger partial charge in [-0.2, -0.15) is 0 Å². The zero-order chi connectivity index (χ0) is 12.1. The van der Waals surface area contributed by atoms with Crippen LogP contribution in [0.25, 0.3) is 0 Å². The van der Waals surface area contributed by atoms with Gasteiger partial charge in [-0.25, -0.2) is 0 Å². The fraction of sp³-hybridized carbons (Fsp3) is 0.333. The molecule has 1 atom stereocenters. The van der Waals surface area contributed by atoms with Crippen molar-refractivity contribution < 1.29 is 15.1 Å². The maximum absolute atomic E-state index is 10.5. The lowest BCUT2D eigenvalue weighted by molar-refractivity contribution is -0.384. The highest BCUT2D eigenvalue weighted by molar-refractivity contribution is 6.32. The molecule has 0 aliphatic carbocycles. The Morgan fingerprint density at radius 3 is 2.75 bits per heavy atom. The maximum atomic E-state index is 10.5. The zero-order valence-corrected chi connectivity index (χ0v) is 9.02. The summed E-state index contributed by atoms with van der Waals surface area (Å²) in [5.74, 6) is 0. The van der Waals surface area contributed by atoms with Gasteiger partial charge in [0.25, 0.3) is 5.69 Å².